The van der Waals surface area contributed by atoms with Crippen molar-refractivity contribution < 1.29 is 0 Å². The molecule has 0 aromatic heterocycles. The van der Waals surface area contributed by atoms with Crippen LogP contribution in [0.1, 0.15) is 49.8 Å². The van der Waals surface area contributed by atoms with E-state index in [0.717, 1.165) is 0 Å². The summed E-state index contributed by atoms with van der Waals surface area (Å²) in [7, 11) is 2.12. The fourth-order valence-electron chi connectivity index (χ4n) is 4.10. The molecule has 1 N–H and O–H groups in total. The van der Waals surface area contributed by atoms with Crippen molar-refractivity contribution in [2.75, 3.05) is 7.05 Å². The van der Waals surface area contributed by atoms with E-state index in [-0.39, 0.29) is 0 Å². The van der Waals surface area contributed by atoms with Crippen molar-refractivity contribution in [2.24, 2.45) is 5.41 Å². The third kappa shape index (κ3) is 2.14. The van der Waals surface area contributed by atoms with Crippen molar-refractivity contribution in [1.82, 2.24) is 5.32 Å². The van der Waals surface area contributed by atoms with Gasteiger partial charge in [-0.15, -0.1) is 0 Å². The summed E-state index contributed by atoms with van der Waals surface area (Å²) in [5.41, 5.74) is 3.31. The smallest absolute Gasteiger partial charge is 0.0380 e. The molecule has 106 valence electrons. The molecule has 1 atom stereocenters. The molecule has 1 heteroatoms. The molecule has 0 spiro atoms. The second-order valence-corrected chi connectivity index (χ2v) is 6.60. The van der Waals surface area contributed by atoms with Gasteiger partial charge >= 0.3 is 0 Å². The van der Waals surface area contributed by atoms with Crippen LogP contribution in [-0.4, -0.2) is 7.05 Å². The highest BCUT2D eigenvalue weighted by molar-refractivity contribution is 5.87. The summed E-state index contributed by atoms with van der Waals surface area (Å²) in [6, 6.07) is 13.8. The molecule has 1 nitrogen and oxygen atoms in total. The van der Waals surface area contributed by atoms with Gasteiger partial charge < -0.3 is 5.32 Å². The largest absolute Gasteiger partial charge is 0.313 e. The fraction of sp³-hybridized carbons (Fsp3) is 0.474. The van der Waals surface area contributed by atoms with E-state index in [9.17, 15) is 0 Å². The Hall–Kier alpha value is -1.34. The van der Waals surface area contributed by atoms with E-state index in [1.807, 2.05) is 0 Å². The summed E-state index contributed by atoms with van der Waals surface area (Å²) in [4.78, 5) is 0. The van der Waals surface area contributed by atoms with Gasteiger partial charge in [0.05, 0.1) is 0 Å². The molecule has 2 aromatic rings. The van der Waals surface area contributed by atoms with E-state index in [2.05, 4.69) is 62.6 Å². The molecular weight excluding hydrogens is 242 g/mol. The Balaban J connectivity index is 2.18. The Morgan fingerprint density at radius 3 is 2.45 bits per heavy atom. The predicted molar refractivity (Wildman–Crippen MR) is 87.1 cm³/mol. The lowest BCUT2D eigenvalue weighted by Crippen LogP contribution is -2.33. The Morgan fingerprint density at radius 2 is 1.75 bits per heavy atom. The number of nitrogens with one attached hydrogen (secondary N) is 1. The molecule has 0 aliphatic heterocycles. The summed E-state index contributed by atoms with van der Waals surface area (Å²) in [6.45, 7) is 4.72. The monoisotopic (exact) mass is 267 g/mol. The molecule has 1 aliphatic carbocycles. The van der Waals surface area contributed by atoms with E-state index < -0.39 is 0 Å². The van der Waals surface area contributed by atoms with Crippen LogP contribution in [0.15, 0.2) is 36.4 Å². The highest BCUT2D eigenvalue weighted by Gasteiger charge is 2.38. The lowest BCUT2D eigenvalue weighted by molar-refractivity contribution is 0.234. The van der Waals surface area contributed by atoms with Crippen LogP contribution in [-0.2, 0) is 0 Å². The van der Waals surface area contributed by atoms with E-state index in [4.69, 9.17) is 0 Å². The van der Waals surface area contributed by atoms with Crippen molar-refractivity contribution in [3.8, 4) is 0 Å². The first-order valence-electron chi connectivity index (χ1n) is 7.81. The summed E-state index contributed by atoms with van der Waals surface area (Å²) in [5.74, 6) is 0. The van der Waals surface area contributed by atoms with Crippen LogP contribution >= 0.6 is 0 Å². The van der Waals surface area contributed by atoms with Gasteiger partial charge in [-0.05, 0) is 54.1 Å². The molecule has 1 fully saturated rings. The van der Waals surface area contributed by atoms with Crippen molar-refractivity contribution in [2.45, 2.75) is 45.6 Å². The second kappa shape index (κ2) is 5.21. The molecule has 3 rings (SSSR count). The maximum atomic E-state index is 3.63. The maximum Gasteiger partial charge on any atom is 0.0380 e. The highest BCUT2D eigenvalue weighted by atomic mass is 14.9. The molecular formula is C19H25N. The first-order chi connectivity index (χ1) is 9.65. The van der Waals surface area contributed by atoms with Gasteiger partial charge in [-0.1, -0.05) is 56.2 Å². The van der Waals surface area contributed by atoms with Gasteiger partial charge in [-0.25, -0.2) is 0 Å². The van der Waals surface area contributed by atoms with Gasteiger partial charge in [0.2, 0.25) is 0 Å². The average Bonchev–Trinajstić information content (AvgIpc) is 2.90. The van der Waals surface area contributed by atoms with Gasteiger partial charge in [0, 0.05) is 6.04 Å². The molecule has 0 bridgehead atoms. The van der Waals surface area contributed by atoms with Gasteiger partial charge in [0.1, 0.15) is 0 Å². The van der Waals surface area contributed by atoms with Crippen LogP contribution in [0.3, 0.4) is 0 Å². The van der Waals surface area contributed by atoms with E-state index >= 15 is 0 Å². The molecule has 20 heavy (non-hydrogen) atoms. The third-order valence-corrected chi connectivity index (χ3v) is 5.21. The standard InChI is InChI=1S/C19H25N/c1-14-10-11-15-8-4-5-9-16(15)17(14)18(20-3)19(2)12-6-7-13-19/h4-5,8-11,18,20H,6-7,12-13H2,1-3H3. The zero-order valence-corrected chi connectivity index (χ0v) is 12.9. The van der Waals surface area contributed by atoms with E-state index in [0.29, 0.717) is 11.5 Å². The van der Waals surface area contributed by atoms with E-state index in [1.54, 1.807) is 0 Å². The Kier molecular flexibility index (Phi) is 3.55. The summed E-state index contributed by atoms with van der Waals surface area (Å²) in [5, 5.41) is 6.41. The summed E-state index contributed by atoms with van der Waals surface area (Å²) >= 11 is 0. The number of hydrogen-bond donors (Lipinski definition) is 1. The van der Waals surface area contributed by atoms with Gasteiger partial charge in [-0.3, -0.25) is 0 Å². The minimum Gasteiger partial charge on any atom is -0.313 e. The first kappa shape index (κ1) is 13.6. The SMILES string of the molecule is CNC(c1c(C)ccc2ccccc12)C1(C)CCCC1. The van der Waals surface area contributed by atoms with Crippen molar-refractivity contribution in [1.29, 1.82) is 0 Å². The lowest BCUT2D eigenvalue weighted by Gasteiger charge is -2.36. The molecule has 1 aliphatic rings. The third-order valence-electron chi connectivity index (χ3n) is 5.21. The molecule has 0 saturated heterocycles. The minimum absolute atomic E-state index is 0.392. The van der Waals surface area contributed by atoms with Crippen molar-refractivity contribution in [3.63, 3.8) is 0 Å². The highest BCUT2D eigenvalue weighted by Crippen LogP contribution is 2.48. The number of hydrogen-bond acceptors (Lipinski definition) is 1. The van der Waals surface area contributed by atoms with Crippen LogP contribution in [0.2, 0.25) is 0 Å². The molecule has 2 aromatic carbocycles. The molecule has 1 unspecified atom stereocenters. The average molecular weight is 267 g/mol. The summed E-state index contributed by atoms with van der Waals surface area (Å²) < 4.78 is 0. The zero-order chi connectivity index (χ0) is 14.2. The Bertz CT molecular complexity index is 608. The fourth-order valence-corrected chi connectivity index (χ4v) is 4.10. The number of fused-ring (bicyclic) bond motifs is 1. The number of benzene rings is 2. The Morgan fingerprint density at radius 1 is 1.05 bits per heavy atom. The summed E-state index contributed by atoms with van der Waals surface area (Å²) in [6.07, 6.45) is 5.42. The topological polar surface area (TPSA) is 12.0 Å². The minimum atomic E-state index is 0.392. The van der Waals surface area contributed by atoms with E-state index in [1.165, 1.54) is 47.6 Å². The first-order valence-corrected chi connectivity index (χ1v) is 7.81. The van der Waals surface area contributed by atoms with Crippen LogP contribution in [0.5, 0.6) is 0 Å². The van der Waals surface area contributed by atoms with Crippen molar-refractivity contribution in [3.05, 3.63) is 47.5 Å². The van der Waals surface area contributed by atoms with Crippen LogP contribution in [0.4, 0.5) is 0 Å². The maximum absolute atomic E-state index is 3.63. The van der Waals surface area contributed by atoms with Crippen LogP contribution in [0, 0.1) is 12.3 Å². The molecule has 0 radical (unpaired) electrons. The normalized spacial score (nSPS) is 19.4. The molecule has 0 amide bonds. The van der Waals surface area contributed by atoms with Crippen LogP contribution in [0.25, 0.3) is 10.8 Å². The lowest BCUT2D eigenvalue weighted by atomic mass is 9.75. The van der Waals surface area contributed by atoms with Gasteiger partial charge in [0.25, 0.3) is 0 Å². The quantitative estimate of drug-likeness (QED) is 0.826. The Labute approximate surface area is 122 Å². The zero-order valence-electron chi connectivity index (χ0n) is 12.9. The van der Waals surface area contributed by atoms with Crippen LogP contribution < -0.4 is 5.32 Å². The second-order valence-electron chi connectivity index (χ2n) is 6.60. The van der Waals surface area contributed by atoms with Crippen molar-refractivity contribution >= 4 is 10.8 Å². The number of aryl methyl sites for hydroxylation is 1. The molecule has 0 heterocycles. The van der Waals surface area contributed by atoms with Gasteiger partial charge in [-0.2, -0.15) is 0 Å². The number of rotatable bonds is 3. The molecule has 1 saturated carbocycles. The van der Waals surface area contributed by atoms with Gasteiger partial charge in [0.15, 0.2) is 0 Å². The predicted octanol–water partition coefficient (Wildman–Crippen LogP) is 4.99.